The Morgan fingerprint density at radius 3 is 2.57 bits per heavy atom. The second-order valence-electron chi connectivity index (χ2n) is 6.61. The van der Waals surface area contributed by atoms with Crippen LogP contribution in [0.2, 0.25) is 5.02 Å². The maximum absolute atomic E-state index is 12.8. The van der Waals surface area contributed by atoms with Crippen molar-refractivity contribution >= 4 is 45.9 Å². The van der Waals surface area contributed by atoms with Gasteiger partial charge in [-0.05, 0) is 42.5 Å². The molecule has 0 saturated heterocycles. The van der Waals surface area contributed by atoms with Crippen LogP contribution in [-0.4, -0.2) is 21.7 Å². The van der Waals surface area contributed by atoms with Crippen molar-refractivity contribution in [2.45, 2.75) is 0 Å². The Labute approximate surface area is 173 Å². The number of nitro groups is 1. The van der Waals surface area contributed by atoms with Crippen LogP contribution in [0.3, 0.4) is 0 Å². The van der Waals surface area contributed by atoms with Crippen LogP contribution in [0, 0.1) is 10.1 Å². The zero-order chi connectivity index (χ0) is 21.0. The molecular formula is C21H10ClN3O5. The maximum atomic E-state index is 12.8. The number of fused-ring (bicyclic) bond motifs is 2. The van der Waals surface area contributed by atoms with Gasteiger partial charge in [-0.1, -0.05) is 17.7 Å². The highest BCUT2D eigenvalue weighted by atomic mass is 35.5. The Morgan fingerprint density at radius 1 is 0.967 bits per heavy atom. The molecule has 3 aromatic carbocycles. The van der Waals surface area contributed by atoms with Gasteiger partial charge in [-0.15, -0.1) is 0 Å². The molecule has 146 valence electrons. The Balaban J connectivity index is 1.55. The number of amides is 2. The summed E-state index contributed by atoms with van der Waals surface area (Å²) in [4.78, 5) is 41.4. The molecule has 5 rings (SSSR count). The zero-order valence-corrected chi connectivity index (χ0v) is 15.8. The molecule has 0 fully saturated rings. The van der Waals surface area contributed by atoms with Crippen molar-refractivity contribution in [1.82, 2.24) is 4.98 Å². The van der Waals surface area contributed by atoms with Gasteiger partial charge in [0, 0.05) is 22.7 Å². The lowest BCUT2D eigenvalue weighted by atomic mass is 10.1. The van der Waals surface area contributed by atoms with Crippen LogP contribution < -0.4 is 4.90 Å². The number of carbonyl (C=O) groups excluding carboxylic acids is 2. The van der Waals surface area contributed by atoms with E-state index in [4.69, 9.17) is 16.0 Å². The number of hydrogen-bond acceptors (Lipinski definition) is 6. The lowest BCUT2D eigenvalue weighted by Gasteiger charge is -2.14. The summed E-state index contributed by atoms with van der Waals surface area (Å²) < 4.78 is 5.75. The minimum Gasteiger partial charge on any atom is -0.436 e. The summed E-state index contributed by atoms with van der Waals surface area (Å²) in [7, 11) is 0. The molecule has 9 heteroatoms. The third-order valence-electron chi connectivity index (χ3n) is 4.78. The van der Waals surface area contributed by atoms with E-state index in [-0.39, 0.29) is 16.8 Å². The van der Waals surface area contributed by atoms with Crippen LogP contribution in [0.5, 0.6) is 0 Å². The van der Waals surface area contributed by atoms with Gasteiger partial charge in [0.25, 0.3) is 17.5 Å². The quantitative estimate of drug-likeness (QED) is 0.267. The molecule has 0 bridgehead atoms. The average Bonchev–Trinajstić information content (AvgIpc) is 3.26. The standard InChI is InChI=1S/C21H10ClN3O5/c22-12-4-7-18-17(9-12)23-19(30-18)11-2-1-3-13(8-11)24-20(26)15-6-5-14(25(28)29)10-16(15)21(24)27/h1-10H. The fourth-order valence-electron chi connectivity index (χ4n) is 3.38. The van der Waals surface area contributed by atoms with Crippen LogP contribution in [-0.2, 0) is 0 Å². The van der Waals surface area contributed by atoms with Gasteiger partial charge in [0.05, 0.1) is 21.7 Å². The summed E-state index contributed by atoms with van der Waals surface area (Å²) in [5.41, 5.74) is 1.85. The van der Waals surface area contributed by atoms with Gasteiger partial charge in [0.1, 0.15) is 5.52 Å². The van der Waals surface area contributed by atoms with Gasteiger partial charge in [-0.3, -0.25) is 19.7 Å². The van der Waals surface area contributed by atoms with E-state index in [0.717, 1.165) is 11.0 Å². The van der Waals surface area contributed by atoms with Crippen molar-refractivity contribution in [3.05, 3.63) is 86.9 Å². The molecule has 1 aliphatic rings. The number of nitrogens with zero attached hydrogens (tertiary/aromatic N) is 3. The van der Waals surface area contributed by atoms with Crippen molar-refractivity contribution < 1.29 is 18.9 Å². The molecule has 0 atom stereocenters. The van der Waals surface area contributed by atoms with E-state index in [9.17, 15) is 19.7 Å². The summed E-state index contributed by atoms with van der Waals surface area (Å²) in [6, 6.07) is 15.3. The van der Waals surface area contributed by atoms with E-state index >= 15 is 0 Å². The number of non-ortho nitro benzene ring substituents is 1. The van der Waals surface area contributed by atoms with Crippen LogP contribution >= 0.6 is 11.6 Å². The van der Waals surface area contributed by atoms with Gasteiger partial charge in [-0.2, -0.15) is 0 Å². The first-order chi connectivity index (χ1) is 14.4. The predicted molar refractivity (Wildman–Crippen MR) is 109 cm³/mol. The molecule has 4 aromatic rings. The Bertz CT molecular complexity index is 1390. The molecule has 8 nitrogen and oxygen atoms in total. The zero-order valence-electron chi connectivity index (χ0n) is 15.0. The number of aromatic nitrogens is 1. The summed E-state index contributed by atoms with van der Waals surface area (Å²) in [5.74, 6) is -0.868. The van der Waals surface area contributed by atoms with Crippen molar-refractivity contribution in [3.63, 3.8) is 0 Å². The monoisotopic (exact) mass is 419 g/mol. The van der Waals surface area contributed by atoms with Crippen LogP contribution in [0.1, 0.15) is 20.7 Å². The predicted octanol–water partition coefficient (Wildman–Crippen LogP) is 4.86. The first-order valence-corrected chi connectivity index (χ1v) is 9.14. The molecule has 2 amide bonds. The van der Waals surface area contributed by atoms with E-state index in [1.54, 1.807) is 42.5 Å². The normalized spacial score (nSPS) is 13.2. The lowest BCUT2D eigenvalue weighted by Crippen LogP contribution is -2.29. The highest BCUT2D eigenvalue weighted by Gasteiger charge is 2.38. The molecular weight excluding hydrogens is 410 g/mol. The smallest absolute Gasteiger partial charge is 0.270 e. The van der Waals surface area contributed by atoms with Crippen molar-refractivity contribution in [1.29, 1.82) is 0 Å². The second-order valence-corrected chi connectivity index (χ2v) is 7.05. The molecule has 0 aliphatic carbocycles. The van der Waals surface area contributed by atoms with Crippen LogP contribution in [0.15, 0.2) is 65.1 Å². The first-order valence-electron chi connectivity index (χ1n) is 8.76. The van der Waals surface area contributed by atoms with E-state index < -0.39 is 16.7 Å². The van der Waals surface area contributed by atoms with Crippen LogP contribution in [0.4, 0.5) is 11.4 Å². The summed E-state index contributed by atoms with van der Waals surface area (Å²) in [6.45, 7) is 0. The summed E-state index contributed by atoms with van der Waals surface area (Å²) in [5, 5.41) is 11.5. The number of anilines is 1. The topological polar surface area (TPSA) is 107 Å². The Kier molecular flexibility index (Phi) is 3.90. The number of nitro benzene ring substituents is 1. The molecule has 0 spiro atoms. The summed E-state index contributed by atoms with van der Waals surface area (Å²) in [6.07, 6.45) is 0. The van der Waals surface area contributed by atoms with Crippen molar-refractivity contribution in [2.75, 3.05) is 4.90 Å². The number of hydrogen-bond donors (Lipinski definition) is 0. The fraction of sp³-hybridized carbons (Fsp3) is 0. The van der Waals surface area contributed by atoms with E-state index in [0.29, 0.717) is 33.3 Å². The molecule has 1 aliphatic heterocycles. The number of benzene rings is 3. The third kappa shape index (κ3) is 2.73. The number of imide groups is 1. The second kappa shape index (κ2) is 6.50. The molecule has 1 aromatic heterocycles. The highest BCUT2D eigenvalue weighted by Crippen LogP contribution is 2.33. The van der Waals surface area contributed by atoms with Gasteiger partial charge >= 0.3 is 0 Å². The summed E-state index contributed by atoms with van der Waals surface area (Å²) >= 11 is 5.99. The minimum absolute atomic E-state index is 0.00360. The van der Waals surface area contributed by atoms with Gasteiger partial charge in [0.2, 0.25) is 5.89 Å². The fourth-order valence-corrected chi connectivity index (χ4v) is 3.55. The maximum Gasteiger partial charge on any atom is 0.270 e. The van der Waals surface area contributed by atoms with Crippen molar-refractivity contribution in [3.8, 4) is 11.5 Å². The van der Waals surface area contributed by atoms with Crippen LogP contribution in [0.25, 0.3) is 22.6 Å². The van der Waals surface area contributed by atoms with E-state index in [1.807, 2.05) is 0 Å². The molecule has 0 unspecified atom stereocenters. The number of carbonyl (C=O) groups is 2. The molecule has 0 N–H and O–H groups in total. The molecule has 30 heavy (non-hydrogen) atoms. The molecule has 0 radical (unpaired) electrons. The SMILES string of the molecule is O=C1c2ccc([N+](=O)[O-])cc2C(=O)N1c1cccc(-c2nc3cc(Cl)ccc3o2)c1. The third-order valence-corrected chi connectivity index (χ3v) is 5.02. The molecule has 2 heterocycles. The minimum atomic E-state index is -0.625. The van der Waals surface area contributed by atoms with E-state index in [1.165, 1.54) is 12.1 Å². The van der Waals surface area contributed by atoms with Crippen molar-refractivity contribution in [2.24, 2.45) is 0 Å². The number of halogens is 1. The number of rotatable bonds is 3. The Hall–Kier alpha value is -4.04. The largest absolute Gasteiger partial charge is 0.436 e. The lowest BCUT2D eigenvalue weighted by molar-refractivity contribution is -0.384. The van der Waals surface area contributed by atoms with Gasteiger partial charge < -0.3 is 4.42 Å². The first kappa shape index (κ1) is 18.0. The molecule has 0 saturated carbocycles. The average molecular weight is 420 g/mol. The highest BCUT2D eigenvalue weighted by molar-refractivity contribution is 6.34. The Morgan fingerprint density at radius 2 is 1.77 bits per heavy atom. The van der Waals surface area contributed by atoms with E-state index in [2.05, 4.69) is 4.98 Å². The van der Waals surface area contributed by atoms with Gasteiger partial charge in [0.15, 0.2) is 5.58 Å². The number of oxazole rings is 1. The van der Waals surface area contributed by atoms with Gasteiger partial charge in [-0.25, -0.2) is 9.88 Å².